The molecule has 3 N–H and O–H groups in total. The quantitative estimate of drug-likeness (QED) is 0.517. The van der Waals surface area contributed by atoms with Crippen LogP contribution in [0.15, 0.2) is 0 Å². The molecule has 2 rings (SSSR count). The topological polar surface area (TPSA) is 117 Å². The van der Waals surface area contributed by atoms with Crippen LogP contribution >= 0.6 is 11.3 Å². The highest BCUT2D eigenvalue weighted by Gasteiger charge is 2.27. The zero-order chi connectivity index (χ0) is 20.8. The van der Waals surface area contributed by atoms with Crippen LogP contribution in [0.1, 0.15) is 45.4 Å². The van der Waals surface area contributed by atoms with Gasteiger partial charge < -0.3 is 20.7 Å². The maximum atomic E-state index is 12.4. The first-order valence-electron chi connectivity index (χ1n) is 9.07. The molecular weight excluding hydrogens is 384 g/mol. The number of likely N-dealkylation sites (N-methyl/N-ethyl adjacent to an activating group) is 1. The van der Waals surface area contributed by atoms with Crippen molar-refractivity contribution in [2.75, 3.05) is 39.1 Å². The van der Waals surface area contributed by atoms with Gasteiger partial charge >= 0.3 is 5.97 Å². The second-order valence-electron chi connectivity index (χ2n) is 6.62. The average molecular weight is 410 g/mol. The van der Waals surface area contributed by atoms with E-state index in [1.165, 1.54) is 7.05 Å². The standard InChI is InChI=1S/C18H26N4O5S/c1-5-27-18(26)14-10(2)15(16(25)19-3)28-17(14)21-13(24)9-22(4)8-12(23)20-11-6-7-11/h11H,5-9H2,1-4H3,(H,19,25)(H,20,23)(H,21,24). The third kappa shape index (κ3) is 5.77. The monoisotopic (exact) mass is 410 g/mol. The van der Waals surface area contributed by atoms with E-state index in [1.54, 1.807) is 25.8 Å². The number of rotatable bonds is 9. The molecule has 0 atom stereocenters. The fourth-order valence-corrected chi connectivity index (χ4v) is 3.75. The summed E-state index contributed by atoms with van der Waals surface area (Å²) in [5.74, 6) is -1.46. The Morgan fingerprint density at radius 2 is 1.82 bits per heavy atom. The molecule has 0 spiro atoms. The highest BCUT2D eigenvalue weighted by atomic mass is 32.1. The number of nitrogens with one attached hydrogen (secondary N) is 3. The van der Waals surface area contributed by atoms with E-state index in [2.05, 4.69) is 16.0 Å². The summed E-state index contributed by atoms with van der Waals surface area (Å²) < 4.78 is 5.06. The Morgan fingerprint density at radius 3 is 2.39 bits per heavy atom. The molecule has 1 heterocycles. The fourth-order valence-electron chi connectivity index (χ4n) is 2.59. The Hall–Kier alpha value is -2.46. The summed E-state index contributed by atoms with van der Waals surface area (Å²) in [4.78, 5) is 50.5. The average Bonchev–Trinajstić information content (AvgIpc) is 3.36. The molecule has 154 valence electrons. The SMILES string of the molecule is CCOC(=O)c1c(NC(=O)CN(C)CC(=O)NC2CC2)sc(C(=O)NC)c1C. The molecule has 0 radical (unpaired) electrons. The van der Waals surface area contributed by atoms with Crippen molar-refractivity contribution in [2.45, 2.75) is 32.7 Å². The van der Waals surface area contributed by atoms with Gasteiger partial charge in [-0.05, 0) is 39.3 Å². The van der Waals surface area contributed by atoms with Gasteiger partial charge in [-0.25, -0.2) is 4.79 Å². The smallest absolute Gasteiger partial charge is 0.341 e. The minimum absolute atomic E-state index is 0.0351. The number of amides is 3. The molecule has 28 heavy (non-hydrogen) atoms. The Kier molecular flexibility index (Phi) is 7.53. The highest BCUT2D eigenvalue weighted by molar-refractivity contribution is 7.18. The van der Waals surface area contributed by atoms with E-state index in [1.807, 2.05) is 0 Å². The molecule has 0 saturated heterocycles. The van der Waals surface area contributed by atoms with Crippen molar-refractivity contribution in [3.63, 3.8) is 0 Å². The summed E-state index contributed by atoms with van der Waals surface area (Å²) in [6.45, 7) is 3.56. The van der Waals surface area contributed by atoms with E-state index in [9.17, 15) is 19.2 Å². The zero-order valence-electron chi connectivity index (χ0n) is 16.5. The molecule has 1 saturated carbocycles. The van der Waals surface area contributed by atoms with E-state index >= 15 is 0 Å². The number of esters is 1. The van der Waals surface area contributed by atoms with Crippen LogP contribution in [0.2, 0.25) is 0 Å². The minimum Gasteiger partial charge on any atom is -0.462 e. The number of anilines is 1. The van der Waals surface area contributed by atoms with Gasteiger partial charge in [0.2, 0.25) is 11.8 Å². The van der Waals surface area contributed by atoms with Crippen molar-refractivity contribution in [1.82, 2.24) is 15.5 Å². The Bertz CT molecular complexity index is 772. The molecule has 1 aliphatic rings. The van der Waals surface area contributed by atoms with Gasteiger partial charge in [0.1, 0.15) is 5.00 Å². The second-order valence-corrected chi connectivity index (χ2v) is 7.64. The third-order valence-electron chi connectivity index (χ3n) is 4.08. The van der Waals surface area contributed by atoms with Gasteiger partial charge in [-0.1, -0.05) is 0 Å². The van der Waals surface area contributed by atoms with E-state index < -0.39 is 11.9 Å². The van der Waals surface area contributed by atoms with Crippen LogP contribution in [0, 0.1) is 6.92 Å². The van der Waals surface area contributed by atoms with Crippen molar-refractivity contribution in [3.8, 4) is 0 Å². The van der Waals surface area contributed by atoms with Crippen molar-refractivity contribution >= 4 is 40.0 Å². The molecule has 10 heteroatoms. The molecule has 0 unspecified atom stereocenters. The van der Waals surface area contributed by atoms with Gasteiger partial charge in [0.15, 0.2) is 0 Å². The number of thiophene rings is 1. The van der Waals surface area contributed by atoms with Crippen LogP contribution in [0.4, 0.5) is 5.00 Å². The van der Waals surface area contributed by atoms with Crippen molar-refractivity contribution in [2.24, 2.45) is 0 Å². The predicted octanol–water partition coefficient (Wildman–Crippen LogP) is 0.742. The van der Waals surface area contributed by atoms with Gasteiger partial charge in [0.25, 0.3) is 5.91 Å². The Balaban J connectivity index is 2.07. The number of carbonyl (C=O) groups is 4. The van der Waals surface area contributed by atoms with E-state index in [0.717, 1.165) is 24.2 Å². The van der Waals surface area contributed by atoms with Gasteiger partial charge in [0, 0.05) is 13.1 Å². The predicted molar refractivity (Wildman–Crippen MR) is 106 cm³/mol. The fraction of sp³-hybridized carbons (Fsp3) is 0.556. The summed E-state index contributed by atoms with van der Waals surface area (Å²) in [5.41, 5.74) is 0.628. The number of nitrogens with zero attached hydrogens (tertiary/aromatic N) is 1. The first kappa shape index (κ1) is 21.8. The van der Waals surface area contributed by atoms with Gasteiger partial charge in [-0.2, -0.15) is 0 Å². The largest absolute Gasteiger partial charge is 0.462 e. The van der Waals surface area contributed by atoms with E-state index in [0.29, 0.717) is 10.4 Å². The number of ether oxygens (including phenoxy) is 1. The number of carbonyl (C=O) groups excluding carboxylic acids is 4. The zero-order valence-corrected chi connectivity index (χ0v) is 17.3. The third-order valence-corrected chi connectivity index (χ3v) is 5.29. The van der Waals surface area contributed by atoms with Gasteiger partial charge in [-0.3, -0.25) is 19.3 Å². The molecule has 1 aromatic rings. The van der Waals surface area contributed by atoms with E-state index in [4.69, 9.17) is 4.74 Å². The number of hydrogen-bond acceptors (Lipinski definition) is 7. The Labute approximate surface area is 167 Å². The normalized spacial score (nSPS) is 13.2. The molecule has 1 fully saturated rings. The maximum absolute atomic E-state index is 12.4. The molecule has 0 aromatic carbocycles. The van der Waals surface area contributed by atoms with Gasteiger partial charge in [-0.15, -0.1) is 11.3 Å². The van der Waals surface area contributed by atoms with E-state index in [-0.39, 0.29) is 48.1 Å². The molecular formula is C18H26N4O5S. The molecule has 1 aromatic heterocycles. The van der Waals surface area contributed by atoms with Gasteiger partial charge in [0.05, 0.1) is 30.1 Å². The lowest BCUT2D eigenvalue weighted by molar-refractivity contribution is -0.123. The lowest BCUT2D eigenvalue weighted by atomic mass is 10.1. The summed E-state index contributed by atoms with van der Waals surface area (Å²) in [5, 5.41) is 8.31. The van der Waals surface area contributed by atoms with Crippen molar-refractivity contribution < 1.29 is 23.9 Å². The summed E-state index contributed by atoms with van der Waals surface area (Å²) >= 11 is 1.02. The van der Waals surface area contributed by atoms with Crippen LogP contribution in [-0.4, -0.2) is 68.4 Å². The summed E-state index contributed by atoms with van der Waals surface area (Å²) in [7, 11) is 3.15. The first-order chi connectivity index (χ1) is 13.3. The second kappa shape index (κ2) is 9.65. The molecule has 0 bridgehead atoms. The van der Waals surface area contributed by atoms with Crippen LogP contribution in [0.25, 0.3) is 0 Å². The Morgan fingerprint density at radius 1 is 1.18 bits per heavy atom. The van der Waals surface area contributed by atoms with Crippen LogP contribution < -0.4 is 16.0 Å². The van der Waals surface area contributed by atoms with Crippen molar-refractivity contribution in [1.29, 1.82) is 0 Å². The molecule has 3 amide bonds. The van der Waals surface area contributed by atoms with Crippen LogP contribution in [-0.2, 0) is 14.3 Å². The molecule has 9 nitrogen and oxygen atoms in total. The van der Waals surface area contributed by atoms with Crippen LogP contribution in [0.5, 0.6) is 0 Å². The summed E-state index contributed by atoms with van der Waals surface area (Å²) in [6.07, 6.45) is 2.00. The van der Waals surface area contributed by atoms with Crippen molar-refractivity contribution in [3.05, 3.63) is 16.0 Å². The minimum atomic E-state index is -0.598. The maximum Gasteiger partial charge on any atom is 0.341 e. The first-order valence-corrected chi connectivity index (χ1v) is 9.88. The lowest BCUT2D eigenvalue weighted by Crippen LogP contribution is -2.39. The summed E-state index contributed by atoms with van der Waals surface area (Å²) in [6, 6.07) is 0.263. The highest BCUT2D eigenvalue weighted by Crippen LogP contribution is 2.33. The lowest BCUT2D eigenvalue weighted by Gasteiger charge is -2.16. The molecule has 0 aliphatic heterocycles. The molecule has 1 aliphatic carbocycles. The van der Waals surface area contributed by atoms with Crippen LogP contribution in [0.3, 0.4) is 0 Å². The number of hydrogen-bond donors (Lipinski definition) is 3.